The van der Waals surface area contributed by atoms with Crippen LogP contribution in [0.2, 0.25) is 0 Å². The third kappa shape index (κ3) is 2.77. The molecule has 1 aromatic carbocycles. The van der Waals surface area contributed by atoms with Gasteiger partial charge in [0.1, 0.15) is 5.82 Å². The molecule has 2 aromatic heterocycles. The fourth-order valence-electron chi connectivity index (χ4n) is 3.47. The van der Waals surface area contributed by atoms with Crippen LogP contribution in [0.25, 0.3) is 10.9 Å². The second kappa shape index (κ2) is 6.07. The molecule has 4 rings (SSSR count). The zero-order valence-electron chi connectivity index (χ0n) is 13.2. The standard InChI is InChI=1S/C17H18FN5O/c18-13-3-4-15-12(10-19-16(15)9-13)8-17(24)23-6-1-2-14(23)11-22-7-5-20-21-22/h3-5,7,9-10,14,19H,1-2,6,8,11H2/t14-/m0/s1. The number of halogens is 1. The van der Waals surface area contributed by atoms with Crippen molar-refractivity contribution in [3.63, 3.8) is 0 Å². The molecule has 1 amide bonds. The van der Waals surface area contributed by atoms with Crippen molar-refractivity contribution >= 4 is 16.8 Å². The fraction of sp³-hybridized carbons (Fsp3) is 0.353. The van der Waals surface area contributed by atoms with E-state index in [1.807, 2.05) is 11.1 Å². The van der Waals surface area contributed by atoms with Gasteiger partial charge in [-0.15, -0.1) is 5.10 Å². The number of rotatable bonds is 4. The maximum atomic E-state index is 13.3. The summed E-state index contributed by atoms with van der Waals surface area (Å²) in [4.78, 5) is 17.7. The number of hydrogen-bond donors (Lipinski definition) is 1. The summed E-state index contributed by atoms with van der Waals surface area (Å²) in [5, 5.41) is 8.70. The SMILES string of the molecule is O=C(Cc1c[nH]c2cc(F)ccc12)N1CCC[C@H]1Cn1ccnn1. The quantitative estimate of drug-likeness (QED) is 0.798. The number of fused-ring (bicyclic) bond motifs is 1. The number of carbonyl (C=O) groups excluding carboxylic acids is 1. The van der Waals surface area contributed by atoms with Gasteiger partial charge in [-0.25, -0.2) is 4.39 Å². The van der Waals surface area contributed by atoms with Crippen molar-refractivity contribution in [1.82, 2.24) is 24.9 Å². The van der Waals surface area contributed by atoms with Crippen LogP contribution in [0.4, 0.5) is 4.39 Å². The first-order valence-corrected chi connectivity index (χ1v) is 8.10. The van der Waals surface area contributed by atoms with Crippen LogP contribution in [0.5, 0.6) is 0 Å². The van der Waals surface area contributed by atoms with Crippen LogP contribution in [-0.4, -0.2) is 43.4 Å². The minimum Gasteiger partial charge on any atom is -0.361 e. The van der Waals surface area contributed by atoms with Crippen LogP contribution in [0.3, 0.4) is 0 Å². The molecule has 124 valence electrons. The Hall–Kier alpha value is -2.70. The topological polar surface area (TPSA) is 66.8 Å². The first kappa shape index (κ1) is 14.9. The van der Waals surface area contributed by atoms with Crippen LogP contribution >= 0.6 is 0 Å². The van der Waals surface area contributed by atoms with Crippen molar-refractivity contribution in [2.75, 3.05) is 6.54 Å². The van der Waals surface area contributed by atoms with Crippen molar-refractivity contribution < 1.29 is 9.18 Å². The highest BCUT2D eigenvalue weighted by molar-refractivity contribution is 5.89. The Bertz CT molecular complexity index is 857. The minimum absolute atomic E-state index is 0.0999. The van der Waals surface area contributed by atoms with Crippen molar-refractivity contribution in [1.29, 1.82) is 0 Å². The van der Waals surface area contributed by atoms with Gasteiger partial charge in [0.25, 0.3) is 0 Å². The third-order valence-corrected chi connectivity index (χ3v) is 4.64. The molecule has 1 atom stereocenters. The van der Waals surface area contributed by atoms with Crippen molar-refractivity contribution in [3.8, 4) is 0 Å². The maximum absolute atomic E-state index is 13.3. The molecule has 1 saturated heterocycles. The predicted octanol–water partition coefficient (Wildman–Crippen LogP) is 2.13. The van der Waals surface area contributed by atoms with E-state index in [0.29, 0.717) is 13.0 Å². The molecule has 0 aliphatic carbocycles. The van der Waals surface area contributed by atoms with Gasteiger partial charge < -0.3 is 9.88 Å². The molecular formula is C17H18FN5O. The van der Waals surface area contributed by atoms with E-state index in [2.05, 4.69) is 15.3 Å². The maximum Gasteiger partial charge on any atom is 0.227 e. The molecule has 0 spiro atoms. The second-order valence-corrected chi connectivity index (χ2v) is 6.19. The number of aromatic amines is 1. The van der Waals surface area contributed by atoms with Crippen LogP contribution in [0.15, 0.2) is 36.8 Å². The van der Waals surface area contributed by atoms with Gasteiger partial charge in [-0.2, -0.15) is 0 Å². The molecule has 6 nitrogen and oxygen atoms in total. The average molecular weight is 327 g/mol. The Labute approximate surface area is 138 Å². The van der Waals surface area contributed by atoms with E-state index in [0.717, 1.165) is 35.9 Å². The summed E-state index contributed by atoms with van der Waals surface area (Å²) in [7, 11) is 0. The number of nitrogens with zero attached hydrogens (tertiary/aromatic N) is 4. The summed E-state index contributed by atoms with van der Waals surface area (Å²) < 4.78 is 15.0. The fourth-order valence-corrected chi connectivity index (χ4v) is 3.47. The number of H-pyrrole nitrogens is 1. The summed E-state index contributed by atoms with van der Waals surface area (Å²) in [5.41, 5.74) is 1.62. The van der Waals surface area contributed by atoms with Crippen LogP contribution in [0, 0.1) is 5.82 Å². The number of likely N-dealkylation sites (tertiary alicyclic amines) is 1. The van der Waals surface area contributed by atoms with Gasteiger partial charge in [0, 0.05) is 29.8 Å². The molecule has 0 radical (unpaired) electrons. The Balaban J connectivity index is 1.50. The molecule has 3 heterocycles. The minimum atomic E-state index is -0.283. The molecule has 0 bridgehead atoms. The largest absolute Gasteiger partial charge is 0.361 e. The number of amides is 1. The molecule has 0 unspecified atom stereocenters. The zero-order chi connectivity index (χ0) is 16.5. The van der Waals surface area contributed by atoms with E-state index in [-0.39, 0.29) is 17.8 Å². The van der Waals surface area contributed by atoms with Crippen molar-refractivity contribution in [3.05, 3.63) is 48.2 Å². The molecule has 1 fully saturated rings. The van der Waals surface area contributed by atoms with E-state index >= 15 is 0 Å². The molecule has 3 aromatic rings. The lowest BCUT2D eigenvalue weighted by molar-refractivity contribution is -0.131. The van der Waals surface area contributed by atoms with E-state index in [9.17, 15) is 9.18 Å². The molecule has 1 N–H and O–H groups in total. The van der Waals surface area contributed by atoms with Gasteiger partial charge in [-0.3, -0.25) is 9.48 Å². The third-order valence-electron chi connectivity index (χ3n) is 4.64. The molecule has 1 aliphatic rings. The van der Waals surface area contributed by atoms with Gasteiger partial charge in [-0.05, 0) is 36.6 Å². The first-order chi connectivity index (χ1) is 11.7. The number of aromatic nitrogens is 4. The van der Waals surface area contributed by atoms with Crippen molar-refractivity contribution in [2.24, 2.45) is 0 Å². The second-order valence-electron chi connectivity index (χ2n) is 6.19. The summed E-state index contributed by atoms with van der Waals surface area (Å²) in [6.45, 7) is 1.44. The van der Waals surface area contributed by atoms with Crippen LogP contribution in [0.1, 0.15) is 18.4 Å². The van der Waals surface area contributed by atoms with Gasteiger partial charge in [0.2, 0.25) is 5.91 Å². The normalized spacial score (nSPS) is 17.7. The summed E-state index contributed by atoms with van der Waals surface area (Å²) in [5.74, 6) is -0.183. The van der Waals surface area contributed by atoms with Crippen LogP contribution in [-0.2, 0) is 17.8 Å². The average Bonchev–Trinajstić information content (AvgIpc) is 3.29. The van der Waals surface area contributed by atoms with Gasteiger partial charge in [-0.1, -0.05) is 5.21 Å². The Morgan fingerprint density at radius 1 is 1.42 bits per heavy atom. The summed E-state index contributed by atoms with van der Waals surface area (Å²) in [6.07, 6.45) is 7.56. The van der Waals surface area contributed by atoms with E-state index in [4.69, 9.17) is 0 Å². The monoisotopic (exact) mass is 327 g/mol. The molecule has 24 heavy (non-hydrogen) atoms. The number of nitrogens with one attached hydrogen (secondary N) is 1. The number of hydrogen-bond acceptors (Lipinski definition) is 3. The number of carbonyl (C=O) groups is 1. The Morgan fingerprint density at radius 2 is 2.33 bits per heavy atom. The highest BCUT2D eigenvalue weighted by Gasteiger charge is 2.29. The zero-order valence-corrected chi connectivity index (χ0v) is 13.2. The highest BCUT2D eigenvalue weighted by Crippen LogP contribution is 2.23. The highest BCUT2D eigenvalue weighted by atomic mass is 19.1. The molecule has 0 saturated carbocycles. The first-order valence-electron chi connectivity index (χ1n) is 8.10. The van der Waals surface area contributed by atoms with E-state index < -0.39 is 0 Å². The molecule has 1 aliphatic heterocycles. The lowest BCUT2D eigenvalue weighted by Crippen LogP contribution is -2.39. The van der Waals surface area contributed by atoms with E-state index in [1.54, 1.807) is 23.1 Å². The van der Waals surface area contributed by atoms with Crippen molar-refractivity contribution in [2.45, 2.75) is 31.8 Å². The predicted molar refractivity (Wildman–Crippen MR) is 86.7 cm³/mol. The van der Waals surface area contributed by atoms with Gasteiger partial charge in [0.15, 0.2) is 0 Å². The summed E-state index contributed by atoms with van der Waals surface area (Å²) in [6, 6.07) is 4.75. The van der Waals surface area contributed by atoms with Crippen LogP contribution < -0.4 is 0 Å². The Morgan fingerprint density at radius 3 is 3.17 bits per heavy atom. The lowest BCUT2D eigenvalue weighted by Gasteiger charge is -2.24. The Kier molecular flexibility index (Phi) is 3.76. The van der Waals surface area contributed by atoms with Gasteiger partial charge in [0.05, 0.1) is 25.2 Å². The lowest BCUT2D eigenvalue weighted by atomic mass is 10.1. The molecule has 7 heteroatoms. The number of benzene rings is 1. The van der Waals surface area contributed by atoms with Gasteiger partial charge >= 0.3 is 0 Å². The van der Waals surface area contributed by atoms with E-state index in [1.165, 1.54) is 12.1 Å². The smallest absolute Gasteiger partial charge is 0.227 e. The summed E-state index contributed by atoms with van der Waals surface area (Å²) >= 11 is 0. The molecular weight excluding hydrogens is 309 g/mol.